The summed E-state index contributed by atoms with van der Waals surface area (Å²) in [5.74, 6) is -0.893. The molecule has 0 N–H and O–H groups in total. The number of carbonyl (C=O) groups is 3. The van der Waals surface area contributed by atoms with Crippen LogP contribution in [0.15, 0.2) is 97.2 Å². The first-order chi connectivity index (χ1) is 37.0. The lowest BCUT2D eigenvalue weighted by atomic mass is 10.1. The van der Waals surface area contributed by atoms with E-state index in [1.807, 2.05) is 0 Å². The second-order valence-corrected chi connectivity index (χ2v) is 20.9. The van der Waals surface area contributed by atoms with Crippen LogP contribution >= 0.6 is 0 Å². The second kappa shape index (κ2) is 62.9. The van der Waals surface area contributed by atoms with Gasteiger partial charge in [-0.1, -0.05) is 279 Å². The first-order valence-corrected chi connectivity index (χ1v) is 31.7. The fraction of sp³-hybridized carbons (Fsp3) is 0.725. The number of hydrogen-bond acceptors (Lipinski definition) is 6. The van der Waals surface area contributed by atoms with Crippen molar-refractivity contribution in [3.05, 3.63) is 97.2 Å². The van der Waals surface area contributed by atoms with Gasteiger partial charge in [0, 0.05) is 19.3 Å². The normalized spacial score (nSPS) is 12.7. The Morgan fingerprint density at radius 2 is 0.520 bits per heavy atom. The number of allylic oxidation sites excluding steroid dienone is 16. The average molecular weight is 1040 g/mol. The van der Waals surface area contributed by atoms with Crippen LogP contribution in [0.3, 0.4) is 0 Å². The van der Waals surface area contributed by atoms with E-state index in [0.29, 0.717) is 19.3 Å². The molecule has 0 aliphatic rings. The molecule has 0 bridgehead atoms. The molecule has 0 fully saturated rings. The van der Waals surface area contributed by atoms with Gasteiger partial charge in [0.2, 0.25) is 0 Å². The summed E-state index contributed by atoms with van der Waals surface area (Å²) in [6, 6.07) is 0. The van der Waals surface area contributed by atoms with E-state index in [0.717, 1.165) is 116 Å². The van der Waals surface area contributed by atoms with E-state index in [2.05, 4.69) is 118 Å². The van der Waals surface area contributed by atoms with E-state index in [1.54, 1.807) is 0 Å². The van der Waals surface area contributed by atoms with Crippen LogP contribution in [-0.4, -0.2) is 37.2 Å². The molecule has 0 amide bonds. The summed E-state index contributed by atoms with van der Waals surface area (Å²) in [5.41, 5.74) is 0. The molecule has 0 radical (unpaired) electrons. The van der Waals surface area contributed by atoms with Gasteiger partial charge < -0.3 is 14.2 Å². The van der Waals surface area contributed by atoms with Gasteiger partial charge in [0.05, 0.1) is 0 Å². The molecular weight excluding hydrogens is 925 g/mol. The summed E-state index contributed by atoms with van der Waals surface area (Å²) < 4.78 is 16.9. The van der Waals surface area contributed by atoms with Gasteiger partial charge in [0.15, 0.2) is 6.10 Å². The predicted molar refractivity (Wildman–Crippen MR) is 325 cm³/mol. The van der Waals surface area contributed by atoms with Crippen LogP contribution in [0.4, 0.5) is 0 Å². The topological polar surface area (TPSA) is 78.9 Å². The molecule has 0 aliphatic carbocycles. The van der Waals surface area contributed by atoms with Crippen molar-refractivity contribution in [1.29, 1.82) is 0 Å². The maximum atomic E-state index is 12.9. The van der Waals surface area contributed by atoms with Gasteiger partial charge in [-0.15, -0.1) is 0 Å². The second-order valence-electron chi connectivity index (χ2n) is 20.9. The maximum Gasteiger partial charge on any atom is 0.306 e. The van der Waals surface area contributed by atoms with Crippen LogP contribution in [0.2, 0.25) is 0 Å². The molecule has 0 saturated carbocycles. The van der Waals surface area contributed by atoms with Crippen LogP contribution < -0.4 is 0 Å². The highest BCUT2D eigenvalue weighted by Gasteiger charge is 2.19. The first-order valence-electron chi connectivity index (χ1n) is 31.7. The zero-order chi connectivity index (χ0) is 54.3. The summed E-state index contributed by atoms with van der Waals surface area (Å²) in [6.07, 6.45) is 84.1. The van der Waals surface area contributed by atoms with E-state index < -0.39 is 6.10 Å². The van der Waals surface area contributed by atoms with Crippen molar-refractivity contribution in [3.63, 3.8) is 0 Å². The zero-order valence-electron chi connectivity index (χ0n) is 49.3. The Balaban J connectivity index is 4.34. The minimum Gasteiger partial charge on any atom is -0.462 e. The van der Waals surface area contributed by atoms with Crippen LogP contribution in [0.1, 0.15) is 303 Å². The quantitative estimate of drug-likeness (QED) is 0.0261. The first kappa shape index (κ1) is 71.3. The molecule has 0 aliphatic heterocycles. The molecule has 6 heteroatoms. The number of carbonyl (C=O) groups excluding carboxylic acids is 3. The van der Waals surface area contributed by atoms with Crippen LogP contribution in [0, 0.1) is 0 Å². The Bertz CT molecular complexity index is 1480. The number of esters is 3. The lowest BCUT2D eigenvalue weighted by molar-refractivity contribution is -0.167. The molecular formula is C69H118O6. The Labute approximate surface area is 464 Å². The summed E-state index contributed by atoms with van der Waals surface area (Å²) in [6.45, 7) is 6.51. The third kappa shape index (κ3) is 61.1. The lowest BCUT2D eigenvalue weighted by Crippen LogP contribution is -2.30. The third-order valence-corrected chi connectivity index (χ3v) is 13.6. The van der Waals surface area contributed by atoms with Gasteiger partial charge in [-0.25, -0.2) is 0 Å². The summed E-state index contributed by atoms with van der Waals surface area (Å²) in [5, 5.41) is 0. The van der Waals surface area contributed by atoms with Crippen molar-refractivity contribution >= 4 is 17.9 Å². The lowest BCUT2D eigenvalue weighted by Gasteiger charge is -2.18. The Kier molecular flexibility index (Phi) is 59.8. The van der Waals surface area contributed by atoms with Crippen LogP contribution in [-0.2, 0) is 28.6 Å². The average Bonchev–Trinajstić information content (AvgIpc) is 3.41. The van der Waals surface area contributed by atoms with Crippen molar-refractivity contribution in [1.82, 2.24) is 0 Å². The maximum absolute atomic E-state index is 12.9. The minimum absolute atomic E-state index is 0.0823. The summed E-state index contributed by atoms with van der Waals surface area (Å²) in [7, 11) is 0. The van der Waals surface area contributed by atoms with Crippen molar-refractivity contribution < 1.29 is 28.6 Å². The van der Waals surface area contributed by atoms with Gasteiger partial charge in [0.25, 0.3) is 0 Å². The molecule has 0 aromatic rings. The molecule has 0 aromatic heterocycles. The number of rotatable bonds is 57. The van der Waals surface area contributed by atoms with E-state index in [-0.39, 0.29) is 31.1 Å². The van der Waals surface area contributed by atoms with E-state index in [9.17, 15) is 14.4 Å². The predicted octanol–water partition coefficient (Wildman–Crippen LogP) is 21.7. The van der Waals surface area contributed by atoms with Gasteiger partial charge >= 0.3 is 17.9 Å². The van der Waals surface area contributed by atoms with Gasteiger partial charge in [-0.2, -0.15) is 0 Å². The molecule has 1 atom stereocenters. The molecule has 0 spiro atoms. The standard InChI is InChI=1S/C69H118O6/c1-4-7-10-13-16-19-22-24-26-28-30-32-34-36-38-40-42-44-47-50-53-56-59-62-68(71)74-65-66(64-73-67(70)61-58-55-52-49-46-21-18-15-12-9-6-3)75-69(72)63-60-57-54-51-48-45-43-41-39-37-35-33-31-29-27-25-23-20-17-14-11-8-5-2/h7,10,16,19,23-26,29-32,35-38,66H,4-6,8-9,11-15,17-18,20-22,27-28,33-34,39-65H2,1-3H3/b10-7-,19-16-,25-23-,26-24-,31-29-,32-30-,37-35-,38-36-. The molecule has 0 rings (SSSR count). The van der Waals surface area contributed by atoms with Crippen molar-refractivity contribution in [2.45, 2.75) is 309 Å². The van der Waals surface area contributed by atoms with Gasteiger partial charge in [0.1, 0.15) is 13.2 Å². The molecule has 0 saturated heterocycles. The molecule has 0 aromatic carbocycles. The van der Waals surface area contributed by atoms with Crippen LogP contribution in [0.5, 0.6) is 0 Å². The highest BCUT2D eigenvalue weighted by molar-refractivity contribution is 5.71. The smallest absolute Gasteiger partial charge is 0.306 e. The van der Waals surface area contributed by atoms with E-state index >= 15 is 0 Å². The number of hydrogen-bond donors (Lipinski definition) is 0. The molecule has 0 heterocycles. The fourth-order valence-electron chi connectivity index (χ4n) is 8.83. The Hall–Kier alpha value is -3.67. The third-order valence-electron chi connectivity index (χ3n) is 13.6. The highest BCUT2D eigenvalue weighted by atomic mass is 16.6. The molecule has 430 valence electrons. The van der Waals surface area contributed by atoms with E-state index in [1.165, 1.54) is 148 Å². The molecule has 75 heavy (non-hydrogen) atoms. The SMILES string of the molecule is CC/C=C\C/C=C\C/C=C\C/C=C\C/C=C\CCCCCCCCCC(=O)OCC(COC(=O)CCCCCCCCCCCCC)OC(=O)CCCCCCCCCC/C=C\C/C=C\C/C=C\CCCCCCC. The van der Waals surface area contributed by atoms with Crippen LogP contribution in [0.25, 0.3) is 0 Å². The van der Waals surface area contributed by atoms with Crippen molar-refractivity contribution in [2.75, 3.05) is 13.2 Å². The monoisotopic (exact) mass is 1040 g/mol. The van der Waals surface area contributed by atoms with Crippen molar-refractivity contribution in [3.8, 4) is 0 Å². The Morgan fingerprint density at radius 1 is 0.280 bits per heavy atom. The van der Waals surface area contributed by atoms with Gasteiger partial charge in [-0.05, 0) is 103 Å². The number of ether oxygens (including phenoxy) is 3. The van der Waals surface area contributed by atoms with Gasteiger partial charge in [-0.3, -0.25) is 14.4 Å². The zero-order valence-corrected chi connectivity index (χ0v) is 49.3. The largest absolute Gasteiger partial charge is 0.462 e. The molecule has 1 unspecified atom stereocenters. The molecule has 6 nitrogen and oxygen atoms in total. The minimum atomic E-state index is -0.786. The Morgan fingerprint density at radius 3 is 0.813 bits per heavy atom. The van der Waals surface area contributed by atoms with E-state index in [4.69, 9.17) is 14.2 Å². The van der Waals surface area contributed by atoms with Crippen molar-refractivity contribution in [2.24, 2.45) is 0 Å². The summed E-state index contributed by atoms with van der Waals surface area (Å²) in [4.78, 5) is 38.3. The fourth-order valence-corrected chi connectivity index (χ4v) is 8.83. The summed E-state index contributed by atoms with van der Waals surface area (Å²) >= 11 is 0. The number of unbranched alkanes of at least 4 members (excludes halogenated alkanes) is 30. The highest BCUT2D eigenvalue weighted by Crippen LogP contribution is 2.16.